The summed E-state index contributed by atoms with van der Waals surface area (Å²) in [5, 5.41) is 8.83. The SMILES string of the molecule is CCCCN(P(c1ccc([Si](CCCC)(CCCC)CCCC)cc1)c1ccccc1OC)P(c1ccc([Si](CCCC)(CCCC)CCCC)cc1)c1ccccc1OC. The Kier molecular flexibility index (Phi) is 23.4. The molecule has 0 aliphatic rings. The molecule has 61 heavy (non-hydrogen) atoms. The normalized spacial score (nSPS) is 13.1. The molecule has 7 heteroatoms. The molecule has 336 valence electrons. The van der Waals surface area contributed by atoms with Crippen molar-refractivity contribution in [2.45, 2.75) is 175 Å². The van der Waals surface area contributed by atoms with Crippen LogP contribution in [-0.2, 0) is 0 Å². The van der Waals surface area contributed by atoms with Gasteiger partial charge in [-0.3, -0.25) is 0 Å². The highest BCUT2D eigenvalue weighted by atomic mass is 31.2. The first-order chi connectivity index (χ1) is 29.9. The number of para-hydroxylation sites is 2. The zero-order chi connectivity index (χ0) is 43.9. The molecule has 0 fully saturated rings. The van der Waals surface area contributed by atoms with E-state index >= 15 is 0 Å². The van der Waals surface area contributed by atoms with Crippen LogP contribution in [0.15, 0.2) is 97.1 Å². The van der Waals surface area contributed by atoms with Gasteiger partial charge >= 0.3 is 0 Å². The Morgan fingerprint density at radius 1 is 0.393 bits per heavy atom. The summed E-state index contributed by atoms with van der Waals surface area (Å²) < 4.78 is 15.5. The maximum Gasteiger partial charge on any atom is 0.128 e. The summed E-state index contributed by atoms with van der Waals surface area (Å²) in [7, 11) is -1.59. The van der Waals surface area contributed by atoms with Crippen LogP contribution in [0.3, 0.4) is 0 Å². The summed E-state index contributed by atoms with van der Waals surface area (Å²) in [6.45, 7) is 17.6. The monoisotopic (exact) mass is 898 g/mol. The van der Waals surface area contributed by atoms with E-state index in [-0.39, 0.29) is 0 Å². The van der Waals surface area contributed by atoms with Gasteiger partial charge < -0.3 is 9.47 Å². The third-order valence-electron chi connectivity index (χ3n) is 13.3. The predicted molar refractivity (Wildman–Crippen MR) is 282 cm³/mol. The summed E-state index contributed by atoms with van der Waals surface area (Å²) >= 11 is 0. The number of rotatable bonds is 31. The molecule has 0 spiro atoms. The van der Waals surface area contributed by atoms with Crippen molar-refractivity contribution in [2.24, 2.45) is 0 Å². The maximum atomic E-state index is 6.28. The van der Waals surface area contributed by atoms with Crippen LogP contribution in [0.2, 0.25) is 36.3 Å². The third kappa shape index (κ3) is 13.9. The lowest BCUT2D eigenvalue weighted by Crippen LogP contribution is -2.48. The van der Waals surface area contributed by atoms with Gasteiger partial charge in [0, 0.05) is 33.3 Å². The molecule has 3 nitrogen and oxygen atoms in total. The maximum absolute atomic E-state index is 6.28. The number of hydrogen-bond acceptors (Lipinski definition) is 3. The molecular weight excluding hydrogens is 813 g/mol. The number of hydrogen-bond donors (Lipinski definition) is 0. The minimum absolute atomic E-state index is 0.986. The van der Waals surface area contributed by atoms with Crippen LogP contribution in [0, 0.1) is 0 Å². The summed E-state index contributed by atoms with van der Waals surface area (Å²) in [4.78, 5) is 0. The van der Waals surface area contributed by atoms with Crippen LogP contribution in [-0.4, -0.2) is 41.4 Å². The molecule has 2 unspecified atom stereocenters. The first-order valence-electron chi connectivity index (χ1n) is 24.7. The van der Waals surface area contributed by atoms with Gasteiger partial charge in [-0.15, -0.1) is 0 Å². The van der Waals surface area contributed by atoms with Crippen molar-refractivity contribution in [3.63, 3.8) is 0 Å². The molecule has 0 saturated heterocycles. The van der Waals surface area contributed by atoms with Crippen LogP contribution in [0.25, 0.3) is 0 Å². The Morgan fingerprint density at radius 3 is 0.967 bits per heavy atom. The van der Waals surface area contributed by atoms with Crippen molar-refractivity contribution < 1.29 is 9.47 Å². The van der Waals surface area contributed by atoms with Crippen molar-refractivity contribution in [1.29, 1.82) is 0 Å². The highest BCUT2D eigenvalue weighted by molar-refractivity contribution is 7.84. The molecule has 4 aromatic carbocycles. The topological polar surface area (TPSA) is 21.7 Å². The molecule has 0 saturated carbocycles. The minimum Gasteiger partial charge on any atom is -0.496 e. The number of ether oxygens (including phenoxy) is 2. The zero-order valence-electron chi connectivity index (χ0n) is 40.2. The molecular formula is C54H85NO2P2Si2. The molecule has 4 rings (SSSR count). The molecule has 0 bridgehead atoms. The highest BCUT2D eigenvalue weighted by Gasteiger charge is 2.38. The molecule has 0 aliphatic carbocycles. The average molecular weight is 898 g/mol. The van der Waals surface area contributed by atoms with Crippen LogP contribution in [0.4, 0.5) is 0 Å². The number of benzene rings is 4. The molecule has 0 heterocycles. The Hall–Kier alpha value is -2.27. The average Bonchev–Trinajstić information content (AvgIpc) is 3.31. The van der Waals surface area contributed by atoms with E-state index in [0.29, 0.717) is 0 Å². The highest BCUT2D eigenvalue weighted by Crippen LogP contribution is 2.56. The Morgan fingerprint density at radius 2 is 0.689 bits per heavy atom. The fraction of sp³-hybridized carbons (Fsp3) is 0.556. The second-order valence-corrected chi connectivity index (χ2v) is 31.5. The van der Waals surface area contributed by atoms with Gasteiger partial charge in [-0.1, -0.05) is 251 Å². The van der Waals surface area contributed by atoms with Crippen molar-refractivity contribution in [2.75, 3.05) is 20.8 Å². The molecule has 0 aromatic heterocycles. The summed E-state index contributed by atoms with van der Waals surface area (Å²) in [5.74, 6) is 1.97. The van der Waals surface area contributed by atoms with E-state index in [4.69, 9.17) is 9.47 Å². The van der Waals surface area contributed by atoms with E-state index < -0.39 is 32.3 Å². The Balaban J connectivity index is 2.00. The van der Waals surface area contributed by atoms with E-state index in [1.54, 1.807) is 10.4 Å². The van der Waals surface area contributed by atoms with Gasteiger partial charge in [-0.25, -0.2) is 4.44 Å². The lowest BCUT2D eigenvalue weighted by molar-refractivity contribution is 0.418. The zero-order valence-corrected chi connectivity index (χ0v) is 44.0. The lowest BCUT2D eigenvalue weighted by atomic mass is 10.3. The van der Waals surface area contributed by atoms with E-state index in [1.165, 1.54) is 135 Å². The van der Waals surface area contributed by atoms with Gasteiger partial charge in [0.2, 0.25) is 0 Å². The fourth-order valence-electron chi connectivity index (χ4n) is 9.61. The van der Waals surface area contributed by atoms with Gasteiger partial charge in [-0.05, 0) is 41.3 Å². The Bertz CT molecular complexity index is 1610. The van der Waals surface area contributed by atoms with Gasteiger partial charge in [0.25, 0.3) is 0 Å². The molecule has 0 N–H and O–H groups in total. The summed E-state index contributed by atoms with van der Waals surface area (Å²) in [6, 6.07) is 47.0. The van der Waals surface area contributed by atoms with Gasteiger partial charge in [0.15, 0.2) is 0 Å². The van der Waals surface area contributed by atoms with Gasteiger partial charge in [0.05, 0.1) is 30.4 Å². The fourth-order valence-corrected chi connectivity index (χ4v) is 27.0. The third-order valence-corrected chi connectivity index (χ3v) is 29.9. The first kappa shape index (κ1) is 51.4. The number of methoxy groups -OCH3 is 2. The van der Waals surface area contributed by atoms with Gasteiger partial charge in [-0.2, -0.15) is 0 Å². The first-order valence-corrected chi connectivity index (χ1v) is 32.5. The van der Waals surface area contributed by atoms with Crippen LogP contribution >= 0.6 is 16.1 Å². The van der Waals surface area contributed by atoms with Crippen molar-refractivity contribution in [3.8, 4) is 11.5 Å². The quantitative estimate of drug-likeness (QED) is 0.0371. The largest absolute Gasteiger partial charge is 0.496 e. The number of unbranched alkanes of at least 4 members (excludes halogenated alkanes) is 7. The minimum atomic E-state index is -1.66. The molecule has 4 aromatic rings. The smallest absolute Gasteiger partial charge is 0.128 e. The number of nitrogens with zero attached hydrogens (tertiary/aromatic N) is 1. The van der Waals surface area contributed by atoms with E-state index in [1.807, 2.05) is 14.2 Å². The van der Waals surface area contributed by atoms with Crippen LogP contribution in [0.1, 0.15) is 138 Å². The van der Waals surface area contributed by atoms with Gasteiger partial charge in [0.1, 0.15) is 11.5 Å². The lowest BCUT2D eigenvalue weighted by Gasteiger charge is -2.40. The van der Waals surface area contributed by atoms with Crippen LogP contribution in [0.5, 0.6) is 11.5 Å². The molecule has 0 amide bonds. The van der Waals surface area contributed by atoms with Crippen molar-refractivity contribution >= 4 is 63.9 Å². The Labute approximate surface area is 379 Å². The summed E-state index contributed by atoms with van der Waals surface area (Å²) in [5.41, 5.74) is 0. The van der Waals surface area contributed by atoms with Crippen LogP contribution < -0.4 is 41.1 Å². The predicted octanol–water partition coefficient (Wildman–Crippen LogP) is 14.3. The molecule has 0 aliphatic heterocycles. The van der Waals surface area contributed by atoms with Crippen molar-refractivity contribution in [1.82, 2.24) is 4.44 Å². The van der Waals surface area contributed by atoms with E-state index in [9.17, 15) is 0 Å². The van der Waals surface area contributed by atoms with E-state index in [2.05, 4.69) is 150 Å². The van der Waals surface area contributed by atoms with Crippen molar-refractivity contribution in [3.05, 3.63) is 97.1 Å². The van der Waals surface area contributed by atoms with E-state index in [0.717, 1.165) is 30.9 Å². The molecule has 2 atom stereocenters. The molecule has 0 radical (unpaired) electrons. The second kappa shape index (κ2) is 27.8. The standard InChI is InChI=1S/C54H85NO2P2Si2/c1-10-17-40-55(58(53-30-26-24-28-51(53)56-8)47-32-36-49(37-33-47)60(41-18-11-2,42-19-12-3)43-20-13-4)59(54-31-27-25-29-52(54)57-9)48-34-38-50(39-35-48)61(44-21-14-5,45-22-15-6)46-23-16-7/h24-39H,10-23,40-46H2,1-9H3. The summed E-state index contributed by atoms with van der Waals surface area (Å²) in [6.07, 6.45) is 18.0. The second-order valence-electron chi connectivity index (χ2n) is 17.7.